The van der Waals surface area contributed by atoms with Crippen molar-refractivity contribution in [3.63, 3.8) is 0 Å². The van der Waals surface area contributed by atoms with E-state index < -0.39 is 0 Å². The first-order valence-electron chi connectivity index (χ1n) is 4.08. The fourth-order valence-electron chi connectivity index (χ4n) is 1.11. The third-order valence-corrected chi connectivity index (χ3v) is 1.56. The van der Waals surface area contributed by atoms with Crippen molar-refractivity contribution in [2.45, 2.75) is 13.5 Å². The van der Waals surface area contributed by atoms with Gasteiger partial charge in [0.05, 0.1) is 6.61 Å². The van der Waals surface area contributed by atoms with Gasteiger partial charge in [0, 0.05) is 19.7 Å². The summed E-state index contributed by atoms with van der Waals surface area (Å²) in [6, 6.07) is 7.58. The van der Waals surface area contributed by atoms with Crippen molar-refractivity contribution < 1.29 is 9.53 Å². The van der Waals surface area contributed by atoms with Gasteiger partial charge in [-0.3, -0.25) is 4.79 Å². The van der Waals surface area contributed by atoms with Crippen molar-refractivity contribution in [2.75, 3.05) is 12.4 Å². The molecule has 1 N–H and O–H groups in total. The number of nitrogens with one attached hydrogen (secondary N) is 1. The van der Waals surface area contributed by atoms with E-state index in [1.807, 2.05) is 24.3 Å². The van der Waals surface area contributed by atoms with Crippen molar-refractivity contribution >= 4 is 11.6 Å². The average molecular weight is 179 g/mol. The summed E-state index contributed by atoms with van der Waals surface area (Å²) in [4.78, 5) is 10.7. The third-order valence-electron chi connectivity index (χ3n) is 1.56. The molecule has 13 heavy (non-hydrogen) atoms. The van der Waals surface area contributed by atoms with Gasteiger partial charge in [-0.15, -0.1) is 0 Å². The van der Waals surface area contributed by atoms with Gasteiger partial charge >= 0.3 is 0 Å². The maximum Gasteiger partial charge on any atom is 0.221 e. The number of hydrogen-bond acceptors (Lipinski definition) is 2. The van der Waals surface area contributed by atoms with E-state index in [1.54, 1.807) is 7.11 Å². The van der Waals surface area contributed by atoms with Crippen LogP contribution in [0.5, 0.6) is 0 Å². The van der Waals surface area contributed by atoms with Crippen LogP contribution < -0.4 is 5.32 Å². The Bertz CT molecular complexity index is 297. The molecule has 0 saturated carbocycles. The molecular formula is C10H13NO2. The van der Waals surface area contributed by atoms with Crippen molar-refractivity contribution in [1.82, 2.24) is 0 Å². The fourth-order valence-corrected chi connectivity index (χ4v) is 1.11. The minimum atomic E-state index is -0.0606. The SMILES string of the molecule is COCc1cccc(NC(C)=O)c1. The van der Waals surface area contributed by atoms with Crippen LogP contribution in [0.2, 0.25) is 0 Å². The molecular weight excluding hydrogens is 166 g/mol. The van der Waals surface area contributed by atoms with E-state index in [0.29, 0.717) is 6.61 Å². The van der Waals surface area contributed by atoms with E-state index in [-0.39, 0.29) is 5.91 Å². The van der Waals surface area contributed by atoms with E-state index in [2.05, 4.69) is 5.32 Å². The van der Waals surface area contributed by atoms with Gasteiger partial charge in [0.15, 0.2) is 0 Å². The lowest BCUT2D eigenvalue weighted by atomic mass is 10.2. The molecule has 0 unspecified atom stereocenters. The smallest absolute Gasteiger partial charge is 0.221 e. The lowest BCUT2D eigenvalue weighted by Gasteiger charge is -2.04. The molecule has 3 nitrogen and oxygen atoms in total. The highest BCUT2D eigenvalue weighted by Crippen LogP contribution is 2.10. The zero-order valence-electron chi connectivity index (χ0n) is 7.83. The van der Waals surface area contributed by atoms with Gasteiger partial charge in [-0.05, 0) is 17.7 Å². The van der Waals surface area contributed by atoms with Gasteiger partial charge < -0.3 is 10.1 Å². The number of amides is 1. The molecule has 0 fully saturated rings. The van der Waals surface area contributed by atoms with Crippen LogP contribution in [0.15, 0.2) is 24.3 Å². The number of benzene rings is 1. The number of carbonyl (C=O) groups is 1. The Morgan fingerprint density at radius 3 is 2.92 bits per heavy atom. The molecule has 0 atom stereocenters. The standard InChI is InChI=1S/C10H13NO2/c1-8(12)11-10-5-3-4-9(6-10)7-13-2/h3-6H,7H2,1-2H3,(H,11,12). The highest BCUT2D eigenvalue weighted by molar-refractivity contribution is 5.88. The molecule has 1 amide bonds. The molecule has 0 saturated heterocycles. The Hall–Kier alpha value is -1.35. The van der Waals surface area contributed by atoms with Crippen LogP contribution in [0.4, 0.5) is 5.69 Å². The number of ether oxygens (including phenoxy) is 1. The summed E-state index contributed by atoms with van der Waals surface area (Å²) in [7, 11) is 1.64. The molecule has 0 aliphatic carbocycles. The summed E-state index contributed by atoms with van der Waals surface area (Å²) in [5, 5.41) is 2.71. The average Bonchev–Trinajstić information content (AvgIpc) is 2.04. The maximum absolute atomic E-state index is 10.7. The lowest BCUT2D eigenvalue weighted by Crippen LogP contribution is -2.05. The number of methoxy groups -OCH3 is 1. The van der Waals surface area contributed by atoms with Crippen LogP contribution in [-0.2, 0) is 16.1 Å². The first-order valence-corrected chi connectivity index (χ1v) is 4.08. The van der Waals surface area contributed by atoms with Gasteiger partial charge in [-0.25, -0.2) is 0 Å². The lowest BCUT2D eigenvalue weighted by molar-refractivity contribution is -0.114. The first kappa shape index (κ1) is 9.74. The van der Waals surface area contributed by atoms with E-state index in [9.17, 15) is 4.79 Å². The van der Waals surface area contributed by atoms with Crippen LogP contribution in [0.3, 0.4) is 0 Å². The molecule has 1 aromatic rings. The van der Waals surface area contributed by atoms with E-state index in [4.69, 9.17) is 4.74 Å². The first-order chi connectivity index (χ1) is 6.22. The normalized spacial score (nSPS) is 9.69. The zero-order valence-corrected chi connectivity index (χ0v) is 7.83. The highest BCUT2D eigenvalue weighted by atomic mass is 16.5. The van der Waals surface area contributed by atoms with Crippen molar-refractivity contribution in [3.05, 3.63) is 29.8 Å². The monoisotopic (exact) mass is 179 g/mol. The second kappa shape index (κ2) is 4.62. The summed E-state index contributed by atoms with van der Waals surface area (Å²) >= 11 is 0. The highest BCUT2D eigenvalue weighted by Gasteiger charge is 1.96. The van der Waals surface area contributed by atoms with Gasteiger partial charge in [0.2, 0.25) is 5.91 Å². The summed E-state index contributed by atoms with van der Waals surface area (Å²) in [5.41, 5.74) is 1.86. The molecule has 0 aliphatic rings. The van der Waals surface area contributed by atoms with E-state index in [0.717, 1.165) is 11.3 Å². The predicted molar refractivity (Wildman–Crippen MR) is 51.5 cm³/mol. The Kier molecular flexibility index (Phi) is 3.46. The molecule has 0 radical (unpaired) electrons. The largest absolute Gasteiger partial charge is 0.380 e. The van der Waals surface area contributed by atoms with Crippen LogP contribution in [0.1, 0.15) is 12.5 Å². The molecule has 0 aliphatic heterocycles. The molecule has 1 aromatic carbocycles. The van der Waals surface area contributed by atoms with Crippen molar-refractivity contribution in [1.29, 1.82) is 0 Å². The number of anilines is 1. The molecule has 0 aromatic heterocycles. The van der Waals surface area contributed by atoms with E-state index >= 15 is 0 Å². The fraction of sp³-hybridized carbons (Fsp3) is 0.300. The van der Waals surface area contributed by atoms with Crippen LogP contribution in [0.25, 0.3) is 0 Å². The van der Waals surface area contributed by atoms with Gasteiger partial charge in [0.25, 0.3) is 0 Å². The Morgan fingerprint density at radius 1 is 1.54 bits per heavy atom. The van der Waals surface area contributed by atoms with Crippen LogP contribution >= 0.6 is 0 Å². The Labute approximate surface area is 77.7 Å². The molecule has 0 spiro atoms. The zero-order chi connectivity index (χ0) is 9.68. The van der Waals surface area contributed by atoms with Crippen molar-refractivity contribution in [3.8, 4) is 0 Å². The van der Waals surface area contributed by atoms with Gasteiger partial charge in [-0.1, -0.05) is 12.1 Å². The van der Waals surface area contributed by atoms with E-state index in [1.165, 1.54) is 6.92 Å². The number of carbonyl (C=O) groups excluding carboxylic acids is 1. The second-order valence-electron chi connectivity index (χ2n) is 2.81. The Balaban J connectivity index is 2.73. The summed E-state index contributed by atoms with van der Waals surface area (Å²) in [5.74, 6) is -0.0606. The maximum atomic E-state index is 10.7. The quantitative estimate of drug-likeness (QED) is 0.768. The third kappa shape index (κ3) is 3.25. The topological polar surface area (TPSA) is 38.3 Å². The second-order valence-corrected chi connectivity index (χ2v) is 2.81. The minimum Gasteiger partial charge on any atom is -0.380 e. The minimum absolute atomic E-state index is 0.0606. The molecule has 70 valence electrons. The number of hydrogen-bond donors (Lipinski definition) is 1. The molecule has 0 heterocycles. The predicted octanol–water partition coefficient (Wildman–Crippen LogP) is 1.79. The molecule has 0 bridgehead atoms. The van der Waals surface area contributed by atoms with Crippen LogP contribution in [0, 0.1) is 0 Å². The van der Waals surface area contributed by atoms with Crippen LogP contribution in [-0.4, -0.2) is 13.0 Å². The molecule has 3 heteroatoms. The van der Waals surface area contributed by atoms with Gasteiger partial charge in [0.1, 0.15) is 0 Å². The summed E-state index contributed by atoms with van der Waals surface area (Å²) in [6.45, 7) is 2.05. The van der Waals surface area contributed by atoms with Gasteiger partial charge in [-0.2, -0.15) is 0 Å². The number of rotatable bonds is 3. The molecule has 1 rings (SSSR count). The Morgan fingerprint density at radius 2 is 2.31 bits per heavy atom. The summed E-state index contributed by atoms with van der Waals surface area (Å²) in [6.07, 6.45) is 0. The van der Waals surface area contributed by atoms with Crippen molar-refractivity contribution in [2.24, 2.45) is 0 Å². The summed E-state index contributed by atoms with van der Waals surface area (Å²) < 4.78 is 4.98.